The number of ether oxygens (including phenoxy) is 3. The number of carbonyl (C=O) groups is 2. The molecule has 0 N–H and O–H groups in total. The highest BCUT2D eigenvalue weighted by molar-refractivity contribution is 5.97. The largest absolute Gasteiger partial charge is 0.496 e. The molecule has 182 valence electrons. The van der Waals surface area contributed by atoms with Gasteiger partial charge in [-0.15, -0.1) is 0 Å². The molecule has 2 aliphatic carbocycles. The maximum Gasteiger partial charge on any atom is 0.311 e. The third-order valence-electron chi connectivity index (χ3n) is 8.76. The lowest BCUT2D eigenvalue weighted by Gasteiger charge is -2.57. The Morgan fingerprint density at radius 3 is 2.35 bits per heavy atom. The predicted molar refractivity (Wildman–Crippen MR) is 133 cm³/mol. The Morgan fingerprint density at radius 2 is 1.71 bits per heavy atom. The highest BCUT2D eigenvalue weighted by atomic mass is 16.5. The molecular weight excluding hydrogens is 428 g/mol. The number of benzene rings is 2. The first-order valence-corrected chi connectivity index (χ1v) is 12.1. The van der Waals surface area contributed by atoms with Crippen LogP contribution in [0.3, 0.4) is 0 Å². The second kappa shape index (κ2) is 9.09. The molecule has 4 atom stereocenters. The van der Waals surface area contributed by atoms with E-state index >= 15 is 0 Å². The molecule has 2 fully saturated rings. The zero-order valence-electron chi connectivity index (χ0n) is 21.0. The first-order valence-electron chi connectivity index (χ1n) is 12.1. The van der Waals surface area contributed by atoms with Gasteiger partial charge in [-0.05, 0) is 79.2 Å². The number of aryl methyl sites for hydroxylation is 1. The summed E-state index contributed by atoms with van der Waals surface area (Å²) in [6.45, 7) is 8.48. The van der Waals surface area contributed by atoms with E-state index in [4.69, 9.17) is 14.2 Å². The van der Waals surface area contributed by atoms with Crippen LogP contribution in [-0.2, 0) is 20.7 Å². The number of ketones is 1. The van der Waals surface area contributed by atoms with Crippen molar-refractivity contribution in [3.05, 3.63) is 48.0 Å². The molecule has 0 saturated heterocycles. The highest BCUT2D eigenvalue weighted by Crippen LogP contribution is 2.61. The lowest BCUT2D eigenvalue weighted by Crippen LogP contribution is -2.55. The maximum absolute atomic E-state index is 13.1. The molecule has 0 radical (unpaired) electrons. The second-order valence-corrected chi connectivity index (χ2v) is 10.4. The first-order chi connectivity index (χ1) is 16.2. The summed E-state index contributed by atoms with van der Waals surface area (Å²) < 4.78 is 16.3. The van der Waals surface area contributed by atoms with E-state index in [0.29, 0.717) is 12.0 Å². The lowest BCUT2D eigenvalue weighted by atomic mass is 9.46. The van der Waals surface area contributed by atoms with Crippen LogP contribution in [-0.4, -0.2) is 33.1 Å². The quantitative estimate of drug-likeness (QED) is 0.392. The molecule has 0 amide bonds. The van der Waals surface area contributed by atoms with Crippen molar-refractivity contribution in [2.24, 2.45) is 22.7 Å². The van der Waals surface area contributed by atoms with Gasteiger partial charge in [0.2, 0.25) is 0 Å². The Bertz CT molecular complexity index is 1130. The minimum atomic E-state index is -0.636. The summed E-state index contributed by atoms with van der Waals surface area (Å²) >= 11 is 0. The molecule has 0 spiro atoms. The molecule has 0 aliphatic heterocycles. The molecule has 0 heterocycles. The van der Waals surface area contributed by atoms with Gasteiger partial charge < -0.3 is 14.2 Å². The number of esters is 1. The summed E-state index contributed by atoms with van der Waals surface area (Å²) in [6, 6.07) is 10.2. The van der Waals surface area contributed by atoms with Crippen LogP contribution in [0, 0.1) is 22.7 Å². The van der Waals surface area contributed by atoms with Crippen LogP contribution in [0.25, 0.3) is 10.8 Å². The van der Waals surface area contributed by atoms with Crippen molar-refractivity contribution >= 4 is 22.5 Å². The van der Waals surface area contributed by atoms with Crippen molar-refractivity contribution < 1.29 is 23.8 Å². The fourth-order valence-electron chi connectivity index (χ4n) is 6.84. The molecule has 2 aromatic rings. The summed E-state index contributed by atoms with van der Waals surface area (Å²) in [6.07, 6.45) is 4.70. The minimum Gasteiger partial charge on any atom is -0.496 e. The number of fused-ring (bicyclic) bond motifs is 2. The van der Waals surface area contributed by atoms with E-state index in [0.717, 1.165) is 54.4 Å². The fourth-order valence-corrected chi connectivity index (χ4v) is 6.84. The molecule has 2 saturated carbocycles. The Hall–Kier alpha value is -2.82. The summed E-state index contributed by atoms with van der Waals surface area (Å²) in [5, 5.41) is 2.02. The van der Waals surface area contributed by atoms with Gasteiger partial charge in [0.1, 0.15) is 11.5 Å². The highest BCUT2D eigenvalue weighted by Gasteiger charge is 2.59. The molecule has 5 nitrogen and oxygen atoms in total. The third-order valence-corrected chi connectivity index (χ3v) is 8.76. The van der Waals surface area contributed by atoms with E-state index in [2.05, 4.69) is 31.7 Å². The Kier molecular flexibility index (Phi) is 6.50. The van der Waals surface area contributed by atoms with Gasteiger partial charge in [-0.2, -0.15) is 0 Å². The zero-order chi connectivity index (χ0) is 24.7. The Balaban J connectivity index is 1.65. The third kappa shape index (κ3) is 3.79. The van der Waals surface area contributed by atoms with Gasteiger partial charge in [-0.3, -0.25) is 9.59 Å². The van der Waals surface area contributed by atoms with Crippen LogP contribution in [0.1, 0.15) is 51.5 Å². The van der Waals surface area contributed by atoms with Crippen LogP contribution in [0.2, 0.25) is 0 Å². The van der Waals surface area contributed by atoms with Gasteiger partial charge >= 0.3 is 5.97 Å². The summed E-state index contributed by atoms with van der Waals surface area (Å²) in [5.74, 6) is 1.51. The summed E-state index contributed by atoms with van der Waals surface area (Å²) in [5.41, 5.74) is 1.09. The average Bonchev–Trinajstić information content (AvgIpc) is 2.84. The number of Topliss-reactive ketones (excluding diaryl/α,β-unsaturated/α-hetero) is 1. The molecule has 0 aromatic heterocycles. The SMILES string of the molecule is C=C1C(=O)C[C@@H]2[C@](C)(CCC[C@]2(C)C(=O)OC)[C@H]1CCc1ccc2c(OC)ccc(OC)c2c1. The van der Waals surface area contributed by atoms with Crippen molar-refractivity contribution in [1.82, 2.24) is 0 Å². The van der Waals surface area contributed by atoms with Crippen LogP contribution >= 0.6 is 0 Å². The van der Waals surface area contributed by atoms with E-state index in [1.165, 1.54) is 12.7 Å². The van der Waals surface area contributed by atoms with E-state index in [9.17, 15) is 9.59 Å². The first kappa shape index (κ1) is 24.3. The molecule has 34 heavy (non-hydrogen) atoms. The number of hydrogen-bond acceptors (Lipinski definition) is 5. The van der Waals surface area contributed by atoms with Crippen LogP contribution in [0.5, 0.6) is 11.5 Å². The fraction of sp³-hybridized carbons (Fsp3) is 0.517. The van der Waals surface area contributed by atoms with Crippen LogP contribution < -0.4 is 9.47 Å². The topological polar surface area (TPSA) is 61.8 Å². The summed E-state index contributed by atoms with van der Waals surface area (Å²) in [4.78, 5) is 25.9. The molecule has 0 unspecified atom stereocenters. The number of hydrogen-bond donors (Lipinski definition) is 0. The van der Waals surface area contributed by atoms with Gasteiger partial charge in [-0.1, -0.05) is 32.1 Å². The van der Waals surface area contributed by atoms with Gasteiger partial charge in [0.25, 0.3) is 0 Å². The predicted octanol–water partition coefficient (Wildman–Crippen LogP) is 5.92. The lowest BCUT2D eigenvalue weighted by molar-refractivity contribution is -0.169. The number of methoxy groups -OCH3 is 3. The average molecular weight is 465 g/mol. The van der Waals surface area contributed by atoms with E-state index in [-0.39, 0.29) is 29.0 Å². The normalized spacial score (nSPS) is 29.0. The van der Waals surface area contributed by atoms with Crippen molar-refractivity contribution in [3.8, 4) is 11.5 Å². The zero-order valence-corrected chi connectivity index (χ0v) is 21.0. The minimum absolute atomic E-state index is 0.0333. The van der Waals surface area contributed by atoms with Gasteiger partial charge in [0, 0.05) is 17.2 Å². The molecule has 2 aromatic carbocycles. The van der Waals surface area contributed by atoms with Crippen molar-refractivity contribution in [2.75, 3.05) is 21.3 Å². The number of carbonyl (C=O) groups excluding carboxylic acids is 2. The standard InChI is InChI=1S/C29H36O5/c1-18-22(28(2)14-7-15-29(3,27(31)34-6)26(28)17-23(18)30)11-9-19-8-10-20-21(16-19)25(33-5)13-12-24(20)32-4/h8,10,12-13,16,22,26H,1,7,9,11,14-15,17H2,2-6H3/t22-,26+,28+,29-/m0/s1. The van der Waals surface area contributed by atoms with E-state index in [1.54, 1.807) is 14.2 Å². The Labute approximate surface area is 202 Å². The van der Waals surface area contributed by atoms with Gasteiger partial charge in [-0.25, -0.2) is 0 Å². The number of rotatable bonds is 6. The molecule has 5 heteroatoms. The van der Waals surface area contributed by atoms with E-state index < -0.39 is 5.41 Å². The molecule has 0 bridgehead atoms. The molecule has 2 aliphatic rings. The van der Waals surface area contributed by atoms with Crippen molar-refractivity contribution in [3.63, 3.8) is 0 Å². The van der Waals surface area contributed by atoms with Gasteiger partial charge in [0.15, 0.2) is 5.78 Å². The van der Waals surface area contributed by atoms with Crippen molar-refractivity contribution in [2.45, 2.75) is 52.4 Å². The maximum atomic E-state index is 13.1. The Morgan fingerprint density at radius 1 is 1.03 bits per heavy atom. The second-order valence-electron chi connectivity index (χ2n) is 10.4. The number of allylic oxidation sites excluding steroid dienone is 1. The smallest absolute Gasteiger partial charge is 0.311 e. The van der Waals surface area contributed by atoms with Crippen LogP contribution in [0.4, 0.5) is 0 Å². The van der Waals surface area contributed by atoms with Crippen molar-refractivity contribution in [1.29, 1.82) is 0 Å². The van der Waals surface area contributed by atoms with E-state index in [1.807, 2.05) is 19.1 Å². The monoisotopic (exact) mass is 464 g/mol. The van der Waals surface area contributed by atoms with Crippen LogP contribution in [0.15, 0.2) is 42.5 Å². The van der Waals surface area contributed by atoms with Gasteiger partial charge in [0.05, 0.1) is 26.7 Å². The summed E-state index contributed by atoms with van der Waals surface area (Å²) in [7, 11) is 4.79. The molecule has 4 rings (SSSR count). The molecular formula is C29H36O5.